The first-order valence-electron chi connectivity index (χ1n) is 9.76. The van der Waals surface area contributed by atoms with E-state index in [-0.39, 0.29) is 11.9 Å². The summed E-state index contributed by atoms with van der Waals surface area (Å²) in [6.07, 6.45) is 7.82. The van der Waals surface area contributed by atoms with Crippen molar-refractivity contribution in [2.75, 3.05) is 5.32 Å². The number of hydrogen-bond donors (Lipinski definition) is 1. The number of anilines is 1. The summed E-state index contributed by atoms with van der Waals surface area (Å²) < 4.78 is 3.80. The molecule has 5 rings (SSSR count). The first-order valence-corrected chi connectivity index (χ1v) is 10.6. The van der Waals surface area contributed by atoms with Crippen LogP contribution in [-0.4, -0.2) is 40.2 Å². The van der Waals surface area contributed by atoms with Gasteiger partial charge in [-0.3, -0.25) is 9.36 Å². The maximum atomic E-state index is 12.7. The Kier molecular flexibility index (Phi) is 4.62. The Morgan fingerprint density at radius 3 is 2.90 bits per heavy atom. The summed E-state index contributed by atoms with van der Waals surface area (Å²) >= 11 is 1.40. The minimum atomic E-state index is -0.310. The van der Waals surface area contributed by atoms with E-state index in [1.54, 1.807) is 24.1 Å². The molecule has 30 heavy (non-hydrogen) atoms. The highest BCUT2D eigenvalue weighted by Gasteiger charge is 2.26. The molecule has 10 heteroatoms. The largest absolute Gasteiger partial charge is 0.310 e. The van der Waals surface area contributed by atoms with Crippen LogP contribution in [0.4, 0.5) is 5.82 Å². The molecular formula is C20H20N8OS. The Hall–Kier alpha value is -3.40. The molecule has 1 N–H and O–H groups in total. The third-order valence-corrected chi connectivity index (χ3v) is 5.75. The summed E-state index contributed by atoms with van der Waals surface area (Å²) in [5.74, 6) is 1.36. The molecule has 4 aromatic heterocycles. The Bertz CT molecular complexity index is 1200. The standard InChI is InChI=1S/C20H20N8OS/c1-12(2)28-11-22-26-18(28)14-4-3-5-17(23-14)25-19(29)16-9-30-20(24-16)27-8-15(21-10-27)13-6-7-13/h3-5,8-13H,6-7H2,1-2H3,(H,23,25,29). The van der Waals surface area contributed by atoms with Crippen LogP contribution in [0.15, 0.2) is 42.4 Å². The minimum Gasteiger partial charge on any atom is -0.310 e. The van der Waals surface area contributed by atoms with Crippen LogP contribution in [-0.2, 0) is 0 Å². The van der Waals surface area contributed by atoms with Crippen LogP contribution in [0.3, 0.4) is 0 Å². The van der Waals surface area contributed by atoms with E-state index in [4.69, 9.17) is 0 Å². The summed E-state index contributed by atoms with van der Waals surface area (Å²) in [5, 5.41) is 13.4. The third-order valence-electron chi connectivity index (χ3n) is 4.89. The fraction of sp³-hybridized carbons (Fsp3) is 0.300. The van der Waals surface area contributed by atoms with E-state index in [0.717, 1.165) is 5.69 Å². The number of imidazole rings is 1. The van der Waals surface area contributed by atoms with Crippen LogP contribution < -0.4 is 5.32 Å². The van der Waals surface area contributed by atoms with E-state index in [1.807, 2.05) is 41.3 Å². The molecule has 0 saturated heterocycles. The van der Waals surface area contributed by atoms with Gasteiger partial charge in [0, 0.05) is 23.5 Å². The summed E-state index contributed by atoms with van der Waals surface area (Å²) in [4.78, 5) is 26.1. The van der Waals surface area contributed by atoms with E-state index in [1.165, 1.54) is 24.2 Å². The lowest BCUT2D eigenvalue weighted by molar-refractivity contribution is 0.102. The Labute approximate surface area is 176 Å². The Morgan fingerprint density at radius 2 is 2.10 bits per heavy atom. The molecular weight excluding hydrogens is 400 g/mol. The maximum Gasteiger partial charge on any atom is 0.276 e. The zero-order valence-electron chi connectivity index (χ0n) is 16.6. The van der Waals surface area contributed by atoms with Gasteiger partial charge in [0.15, 0.2) is 11.0 Å². The quantitative estimate of drug-likeness (QED) is 0.510. The van der Waals surface area contributed by atoms with Gasteiger partial charge in [-0.1, -0.05) is 6.07 Å². The van der Waals surface area contributed by atoms with Gasteiger partial charge in [0.05, 0.1) is 5.69 Å². The van der Waals surface area contributed by atoms with E-state index < -0.39 is 0 Å². The van der Waals surface area contributed by atoms with Crippen molar-refractivity contribution in [2.24, 2.45) is 0 Å². The van der Waals surface area contributed by atoms with Crippen molar-refractivity contribution in [1.82, 2.24) is 34.3 Å². The number of nitrogens with zero attached hydrogens (tertiary/aromatic N) is 7. The molecule has 0 spiro atoms. The zero-order chi connectivity index (χ0) is 20.7. The molecule has 1 saturated carbocycles. The van der Waals surface area contributed by atoms with Gasteiger partial charge in [0.1, 0.15) is 29.9 Å². The second-order valence-electron chi connectivity index (χ2n) is 7.51. The van der Waals surface area contributed by atoms with Gasteiger partial charge < -0.3 is 9.88 Å². The van der Waals surface area contributed by atoms with Gasteiger partial charge in [0.2, 0.25) is 0 Å². The molecule has 4 aromatic rings. The molecule has 9 nitrogen and oxygen atoms in total. The normalized spacial score (nSPS) is 13.7. The molecule has 1 fully saturated rings. The lowest BCUT2D eigenvalue weighted by atomic mass is 10.3. The van der Waals surface area contributed by atoms with Crippen molar-refractivity contribution in [2.45, 2.75) is 38.6 Å². The summed E-state index contributed by atoms with van der Waals surface area (Å²) in [6.45, 7) is 4.10. The molecule has 0 unspecified atom stereocenters. The molecule has 1 aliphatic carbocycles. The lowest BCUT2D eigenvalue weighted by Crippen LogP contribution is -2.14. The second-order valence-corrected chi connectivity index (χ2v) is 8.35. The number of nitrogens with one attached hydrogen (secondary N) is 1. The summed E-state index contributed by atoms with van der Waals surface area (Å²) in [6, 6.07) is 5.61. The molecule has 1 amide bonds. The average Bonchev–Trinajstić information content (AvgIpc) is 3.18. The number of aromatic nitrogens is 7. The molecule has 0 bridgehead atoms. The first kappa shape index (κ1) is 18.6. The van der Waals surface area contributed by atoms with Crippen molar-refractivity contribution in [1.29, 1.82) is 0 Å². The van der Waals surface area contributed by atoms with Crippen LogP contribution in [0, 0.1) is 0 Å². The van der Waals surface area contributed by atoms with Crippen LogP contribution >= 0.6 is 11.3 Å². The summed E-state index contributed by atoms with van der Waals surface area (Å²) in [7, 11) is 0. The number of amides is 1. The second kappa shape index (κ2) is 7.45. The molecule has 4 heterocycles. The molecule has 0 aromatic carbocycles. The third kappa shape index (κ3) is 3.61. The van der Waals surface area contributed by atoms with Crippen molar-refractivity contribution in [3.8, 4) is 16.6 Å². The SMILES string of the molecule is CC(C)n1cnnc1-c1cccc(NC(=O)c2csc(-n3cnc(C4CC4)c3)n2)n1. The molecule has 152 valence electrons. The Morgan fingerprint density at radius 1 is 1.23 bits per heavy atom. The van der Waals surface area contributed by atoms with Gasteiger partial charge in [-0.2, -0.15) is 0 Å². The molecule has 1 aliphatic rings. The van der Waals surface area contributed by atoms with Gasteiger partial charge in [-0.15, -0.1) is 21.5 Å². The van der Waals surface area contributed by atoms with E-state index in [2.05, 4.69) is 30.5 Å². The topological polar surface area (TPSA) is 103 Å². The predicted octanol–water partition coefficient (Wildman–Crippen LogP) is 3.69. The average molecular weight is 421 g/mol. The van der Waals surface area contributed by atoms with Crippen molar-refractivity contribution in [3.63, 3.8) is 0 Å². The van der Waals surface area contributed by atoms with Gasteiger partial charge in [0.25, 0.3) is 5.91 Å². The van der Waals surface area contributed by atoms with Crippen molar-refractivity contribution >= 4 is 23.1 Å². The minimum absolute atomic E-state index is 0.201. The zero-order valence-corrected chi connectivity index (χ0v) is 17.4. The molecule has 0 radical (unpaired) electrons. The smallest absolute Gasteiger partial charge is 0.276 e. The van der Waals surface area contributed by atoms with Crippen LogP contribution in [0.5, 0.6) is 0 Å². The van der Waals surface area contributed by atoms with Gasteiger partial charge in [-0.25, -0.2) is 15.0 Å². The van der Waals surface area contributed by atoms with Crippen molar-refractivity contribution < 1.29 is 4.79 Å². The monoisotopic (exact) mass is 420 g/mol. The van der Waals surface area contributed by atoms with E-state index >= 15 is 0 Å². The van der Waals surface area contributed by atoms with Crippen LogP contribution in [0.2, 0.25) is 0 Å². The highest BCUT2D eigenvalue weighted by molar-refractivity contribution is 7.12. The van der Waals surface area contributed by atoms with E-state index in [0.29, 0.717) is 34.1 Å². The first-order chi connectivity index (χ1) is 14.6. The number of thiazole rings is 1. The number of rotatable bonds is 6. The molecule has 0 atom stereocenters. The highest BCUT2D eigenvalue weighted by atomic mass is 32.1. The number of pyridine rings is 1. The molecule has 0 aliphatic heterocycles. The fourth-order valence-electron chi connectivity index (χ4n) is 3.13. The Balaban J connectivity index is 1.33. The number of carbonyl (C=O) groups is 1. The lowest BCUT2D eigenvalue weighted by Gasteiger charge is -2.10. The number of carbonyl (C=O) groups excluding carboxylic acids is 1. The summed E-state index contributed by atoms with van der Waals surface area (Å²) in [5.41, 5.74) is 2.07. The van der Waals surface area contributed by atoms with E-state index in [9.17, 15) is 4.79 Å². The van der Waals surface area contributed by atoms with Crippen LogP contribution in [0.25, 0.3) is 16.6 Å². The van der Waals surface area contributed by atoms with Gasteiger partial charge >= 0.3 is 0 Å². The van der Waals surface area contributed by atoms with Gasteiger partial charge in [-0.05, 0) is 38.8 Å². The maximum absolute atomic E-state index is 12.7. The highest BCUT2D eigenvalue weighted by Crippen LogP contribution is 2.39. The number of hydrogen-bond acceptors (Lipinski definition) is 7. The van der Waals surface area contributed by atoms with Crippen LogP contribution in [0.1, 0.15) is 54.8 Å². The predicted molar refractivity (Wildman–Crippen MR) is 113 cm³/mol. The fourth-order valence-corrected chi connectivity index (χ4v) is 3.88. The van der Waals surface area contributed by atoms with Crippen molar-refractivity contribution in [3.05, 3.63) is 53.8 Å².